The summed E-state index contributed by atoms with van der Waals surface area (Å²) < 4.78 is 14.1. The second-order valence-corrected chi connectivity index (χ2v) is 4.61. The molecule has 0 radical (unpaired) electrons. The van der Waals surface area contributed by atoms with Gasteiger partial charge in [-0.1, -0.05) is 60.7 Å². The molecule has 1 heterocycles. The molecule has 4 heteroatoms. The summed E-state index contributed by atoms with van der Waals surface area (Å²) in [5.41, 5.74) is 1.68. The minimum Gasteiger partial charge on any atom is -0.382 e. The van der Waals surface area contributed by atoms with Crippen LogP contribution in [-0.4, -0.2) is 15.1 Å². The van der Waals surface area contributed by atoms with Crippen LogP contribution in [0.25, 0.3) is 11.3 Å². The molecule has 3 aromatic rings. The van der Waals surface area contributed by atoms with Crippen LogP contribution >= 0.6 is 0 Å². The fourth-order valence-electron chi connectivity index (χ4n) is 2.11. The number of aliphatic hydroxyl groups excluding tert-OH is 1. The van der Waals surface area contributed by atoms with Crippen molar-refractivity contribution in [3.05, 3.63) is 84.1 Å². The zero-order valence-corrected chi connectivity index (χ0v) is 11.1. The van der Waals surface area contributed by atoms with Crippen molar-refractivity contribution < 1.29 is 9.50 Å². The van der Waals surface area contributed by atoms with E-state index in [0.717, 1.165) is 0 Å². The van der Waals surface area contributed by atoms with Gasteiger partial charge in [-0.3, -0.25) is 0 Å². The molecule has 1 atom stereocenters. The maximum atomic E-state index is 14.1. The molecule has 0 aliphatic rings. The summed E-state index contributed by atoms with van der Waals surface area (Å²) in [6.45, 7) is 0. The first-order chi connectivity index (χ1) is 10.3. The molecule has 0 fully saturated rings. The highest BCUT2D eigenvalue weighted by Crippen LogP contribution is 2.23. The molecule has 1 unspecified atom stereocenters. The zero-order valence-electron chi connectivity index (χ0n) is 11.1. The van der Waals surface area contributed by atoms with Gasteiger partial charge in [0.2, 0.25) is 5.95 Å². The van der Waals surface area contributed by atoms with Crippen molar-refractivity contribution in [3.63, 3.8) is 0 Å². The predicted molar refractivity (Wildman–Crippen MR) is 77.9 cm³/mol. The number of halogens is 1. The number of rotatable bonds is 3. The van der Waals surface area contributed by atoms with Crippen LogP contribution in [0.15, 0.2) is 66.9 Å². The van der Waals surface area contributed by atoms with Gasteiger partial charge in [0.15, 0.2) is 0 Å². The number of aromatic nitrogens is 2. The van der Waals surface area contributed by atoms with Crippen LogP contribution in [0.3, 0.4) is 0 Å². The number of aliphatic hydroxyl groups is 1. The molecular weight excluding hydrogens is 267 g/mol. The predicted octanol–water partition coefficient (Wildman–Crippen LogP) is 3.36. The van der Waals surface area contributed by atoms with Crippen molar-refractivity contribution >= 4 is 0 Å². The third-order valence-corrected chi connectivity index (χ3v) is 3.19. The van der Waals surface area contributed by atoms with Crippen molar-refractivity contribution in [2.75, 3.05) is 0 Å². The highest BCUT2D eigenvalue weighted by Gasteiger charge is 2.16. The number of hydrogen-bond donors (Lipinski definition) is 1. The van der Waals surface area contributed by atoms with E-state index in [9.17, 15) is 9.50 Å². The Morgan fingerprint density at radius 1 is 0.905 bits per heavy atom. The fraction of sp³-hybridized carbons (Fsp3) is 0.0588. The van der Waals surface area contributed by atoms with Gasteiger partial charge in [0, 0.05) is 5.56 Å². The van der Waals surface area contributed by atoms with Crippen LogP contribution in [0.2, 0.25) is 0 Å². The molecule has 21 heavy (non-hydrogen) atoms. The lowest BCUT2D eigenvalue weighted by molar-refractivity contribution is 0.213. The van der Waals surface area contributed by atoms with E-state index in [1.165, 1.54) is 6.20 Å². The van der Waals surface area contributed by atoms with E-state index in [2.05, 4.69) is 9.97 Å². The van der Waals surface area contributed by atoms with E-state index in [0.29, 0.717) is 11.1 Å². The monoisotopic (exact) mass is 280 g/mol. The summed E-state index contributed by atoms with van der Waals surface area (Å²) in [7, 11) is 0. The molecule has 3 nitrogen and oxygen atoms in total. The lowest BCUT2D eigenvalue weighted by Gasteiger charge is -2.11. The summed E-state index contributed by atoms with van der Waals surface area (Å²) in [6.07, 6.45) is 0.418. The van der Waals surface area contributed by atoms with Gasteiger partial charge in [-0.2, -0.15) is 4.39 Å². The zero-order chi connectivity index (χ0) is 14.7. The molecule has 3 rings (SSSR count). The molecule has 0 spiro atoms. The third kappa shape index (κ3) is 2.80. The Hall–Kier alpha value is -2.59. The number of hydrogen-bond acceptors (Lipinski definition) is 3. The van der Waals surface area contributed by atoms with Crippen LogP contribution in [0.5, 0.6) is 0 Å². The van der Waals surface area contributed by atoms with Gasteiger partial charge in [-0.25, -0.2) is 9.97 Å². The van der Waals surface area contributed by atoms with Crippen molar-refractivity contribution in [2.45, 2.75) is 6.10 Å². The summed E-state index contributed by atoms with van der Waals surface area (Å²) in [6, 6.07) is 18.0. The van der Waals surface area contributed by atoms with E-state index >= 15 is 0 Å². The van der Waals surface area contributed by atoms with Crippen molar-refractivity contribution in [1.82, 2.24) is 9.97 Å². The average Bonchev–Trinajstić information content (AvgIpc) is 2.55. The van der Waals surface area contributed by atoms with Crippen molar-refractivity contribution in [3.8, 4) is 11.3 Å². The Morgan fingerprint density at radius 3 is 2.14 bits per heavy atom. The Bertz CT molecular complexity index is 732. The molecule has 1 N–H and O–H groups in total. The van der Waals surface area contributed by atoms with Gasteiger partial charge in [0.1, 0.15) is 11.8 Å². The van der Waals surface area contributed by atoms with Gasteiger partial charge < -0.3 is 5.11 Å². The van der Waals surface area contributed by atoms with E-state index in [4.69, 9.17) is 0 Å². The molecule has 1 aromatic heterocycles. The molecule has 0 aliphatic heterocycles. The van der Waals surface area contributed by atoms with Crippen LogP contribution in [0.4, 0.5) is 4.39 Å². The van der Waals surface area contributed by atoms with E-state index in [-0.39, 0.29) is 11.4 Å². The first kappa shape index (κ1) is 13.4. The Balaban J connectivity index is 1.95. The van der Waals surface area contributed by atoms with Crippen LogP contribution < -0.4 is 0 Å². The molecule has 0 amide bonds. The van der Waals surface area contributed by atoms with Gasteiger partial charge in [-0.05, 0) is 5.56 Å². The summed E-state index contributed by atoms with van der Waals surface area (Å²) in [5, 5.41) is 10.2. The molecular formula is C17H13FN2O. The summed E-state index contributed by atoms with van der Waals surface area (Å²) in [4.78, 5) is 7.94. The lowest BCUT2D eigenvalue weighted by atomic mass is 10.1. The second kappa shape index (κ2) is 5.81. The van der Waals surface area contributed by atoms with Crippen LogP contribution in [0, 0.1) is 5.95 Å². The molecule has 0 bridgehead atoms. The Kier molecular flexibility index (Phi) is 3.71. The van der Waals surface area contributed by atoms with Gasteiger partial charge in [0.25, 0.3) is 0 Å². The maximum Gasteiger partial charge on any atom is 0.239 e. The third-order valence-electron chi connectivity index (χ3n) is 3.19. The van der Waals surface area contributed by atoms with E-state index in [1.54, 1.807) is 36.4 Å². The van der Waals surface area contributed by atoms with Crippen LogP contribution in [0.1, 0.15) is 17.4 Å². The molecule has 104 valence electrons. The average molecular weight is 280 g/mol. The lowest BCUT2D eigenvalue weighted by Crippen LogP contribution is -2.06. The SMILES string of the molecule is OC(c1ccccc1)c1cnc(-c2ccccc2)c(F)n1. The Morgan fingerprint density at radius 2 is 1.52 bits per heavy atom. The minimum absolute atomic E-state index is 0.180. The Labute approximate surface area is 121 Å². The highest BCUT2D eigenvalue weighted by molar-refractivity contribution is 5.58. The van der Waals surface area contributed by atoms with E-state index in [1.807, 2.05) is 24.3 Å². The first-order valence-corrected chi connectivity index (χ1v) is 6.56. The highest BCUT2D eigenvalue weighted by atomic mass is 19.1. The summed E-state index contributed by atoms with van der Waals surface area (Å²) in [5.74, 6) is -0.686. The number of nitrogens with zero attached hydrogens (tertiary/aromatic N) is 2. The molecule has 2 aromatic carbocycles. The molecule has 0 aliphatic carbocycles. The largest absolute Gasteiger partial charge is 0.382 e. The standard InChI is InChI=1S/C17H13FN2O/c18-17-15(12-7-3-1-4-8-12)19-11-14(20-17)16(21)13-9-5-2-6-10-13/h1-11,16,21H. The minimum atomic E-state index is -0.988. The van der Waals surface area contributed by atoms with Crippen molar-refractivity contribution in [1.29, 1.82) is 0 Å². The number of benzene rings is 2. The quantitative estimate of drug-likeness (QED) is 0.800. The van der Waals surface area contributed by atoms with E-state index < -0.39 is 12.1 Å². The van der Waals surface area contributed by atoms with Gasteiger partial charge in [-0.15, -0.1) is 0 Å². The van der Waals surface area contributed by atoms with Gasteiger partial charge in [0.05, 0.1) is 11.9 Å². The fourth-order valence-corrected chi connectivity index (χ4v) is 2.11. The topological polar surface area (TPSA) is 46.0 Å². The first-order valence-electron chi connectivity index (χ1n) is 6.56. The summed E-state index contributed by atoms with van der Waals surface area (Å²) >= 11 is 0. The second-order valence-electron chi connectivity index (χ2n) is 4.61. The smallest absolute Gasteiger partial charge is 0.239 e. The normalized spacial score (nSPS) is 12.1. The van der Waals surface area contributed by atoms with Gasteiger partial charge >= 0.3 is 0 Å². The molecule has 0 saturated heterocycles. The molecule has 0 saturated carbocycles. The van der Waals surface area contributed by atoms with Crippen molar-refractivity contribution in [2.24, 2.45) is 0 Å². The maximum absolute atomic E-state index is 14.1. The van der Waals surface area contributed by atoms with Crippen LogP contribution in [-0.2, 0) is 0 Å².